The van der Waals surface area contributed by atoms with Crippen molar-refractivity contribution < 1.29 is 9.66 Å². The van der Waals surface area contributed by atoms with Gasteiger partial charge in [0.25, 0.3) is 0 Å². The molecule has 0 fully saturated rings. The Kier molecular flexibility index (Phi) is 4.26. The standard InChI is InChI=1S/C13H11N5O3/c1-2-15-13-16-8-10(18(19)20)12(17-13)21-11-6-4-3-5-9(11)7-14/h3-6,8H,2H2,1H3,(H,15,16,17). The van der Waals surface area contributed by atoms with E-state index < -0.39 is 4.92 Å². The van der Waals surface area contributed by atoms with Gasteiger partial charge in [0.1, 0.15) is 18.0 Å². The van der Waals surface area contributed by atoms with Crippen LogP contribution in [0, 0.1) is 21.4 Å². The van der Waals surface area contributed by atoms with Crippen LogP contribution >= 0.6 is 0 Å². The van der Waals surface area contributed by atoms with E-state index in [2.05, 4.69) is 15.3 Å². The summed E-state index contributed by atoms with van der Waals surface area (Å²) in [7, 11) is 0. The third-order valence-corrected chi connectivity index (χ3v) is 2.48. The van der Waals surface area contributed by atoms with Gasteiger partial charge in [0.15, 0.2) is 0 Å². The van der Waals surface area contributed by atoms with Crippen LogP contribution in [0.1, 0.15) is 12.5 Å². The molecular weight excluding hydrogens is 274 g/mol. The molecule has 2 rings (SSSR count). The predicted molar refractivity (Wildman–Crippen MR) is 74.1 cm³/mol. The number of nitrogens with zero attached hydrogens (tertiary/aromatic N) is 4. The maximum atomic E-state index is 11.0. The van der Waals surface area contributed by atoms with Crippen molar-refractivity contribution in [3.05, 3.63) is 46.1 Å². The van der Waals surface area contributed by atoms with Crippen LogP contribution in [-0.4, -0.2) is 21.4 Å². The minimum atomic E-state index is -0.639. The molecule has 1 heterocycles. The summed E-state index contributed by atoms with van der Waals surface area (Å²) in [6.07, 6.45) is 1.06. The van der Waals surface area contributed by atoms with Crippen molar-refractivity contribution in [2.45, 2.75) is 6.92 Å². The van der Waals surface area contributed by atoms with Crippen LogP contribution < -0.4 is 10.1 Å². The van der Waals surface area contributed by atoms with Gasteiger partial charge in [0, 0.05) is 6.54 Å². The third-order valence-electron chi connectivity index (χ3n) is 2.48. The zero-order valence-electron chi connectivity index (χ0n) is 11.1. The first-order valence-corrected chi connectivity index (χ1v) is 6.08. The van der Waals surface area contributed by atoms with Crippen molar-refractivity contribution in [3.63, 3.8) is 0 Å². The molecule has 0 atom stereocenters. The van der Waals surface area contributed by atoms with E-state index in [1.165, 1.54) is 6.07 Å². The molecule has 21 heavy (non-hydrogen) atoms. The highest BCUT2D eigenvalue weighted by atomic mass is 16.6. The highest BCUT2D eigenvalue weighted by Crippen LogP contribution is 2.30. The zero-order valence-corrected chi connectivity index (χ0v) is 11.1. The maximum absolute atomic E-state index is 11.0. The van der Waals surface area contributed by atoms with E-state index >= 15 is 0 Å². The summed E-state index contributed by atoms with van der Waals surface area (Å²) in [5.41, 5.74) is -0.111. The van der Waals surface area contributed by atoms with Gasteiger partial charge in [-0.2, -0.15) is 10.2 Å². The molecule has 0 amide bonds. The van der Waals surface area contributed by atoms with Gasteiger partial charge in [-0.05, 0) is 19.1 Å². The van der Waals surface area contributed by atoms with E-state index in [-0.39, 0.29) is 28.8 Å². The van der Waals surface area contributed by atoms with Crippen molar-refractivity contribution in [1.82, 2.24) is 9.97 Å². The van der Waals surface area contributed by atoms with Crippen LogP contribution in [0.15, 0.2) is 30.5 Å². The Morgan fingerprint density at radius 1 is 1.48 bits per heavy atom. The Morgan fingerprint density at radius 2 is 2.24 bits per heavy atom. The number of rotatable bonds is 5. The van der Waals surface area contributed by atoms with E-state index in [4.69, 9.17) is 10.00 Å². The molecule has 8 heteroatoms. The number of ether oxygens (including phenoxy) is 1. The molecule has 1 N–H and O–H groups in total. The molecule has 0 unspecified atom stereocenters. The van der Waals surface area contributed by atoms with Crippen molar-refractivity contribution in [3.8, 4) is 17.7 Å². The second-order valence-corrected chi connectivity index (χ2v) is 3.88. The highest BCUT2D eigenvalue weighted by molar-refractivity contribution is 5.49. The van der Waals surface area contributed by atoms with Gasteiger partial charge in [-0.25, -0.2) is 4.98 Å². The number of para-hydroxylation sites is 1. The first-order valence-electron chi connectivity index (χ1n) is 6.08. The molecule has 0 aliphatic carbocycles. The average molecular weight is 285 g/mol. The van der Waals surface area contributed by atoms with E-state index in [0.717, 1.165) is 6.20 Å². The zero-order chi connectivity index (χ0) is 15.2. The van der Waals surface area contributed by atoms with Crippen LogP contribution in [0.3, 0.4) is 0 Å². The quantitative estimate of drug-likeness (QED) is 0.662. The smallest absolute Gasteiger partial charge is 0.349 e. The lowest BCUT2D eigenvalue weighted by Crippen LogP contribution is -2.05. The fourth-order valence-electron chi connectivity index (χ4n) is 1.56. The number of nitriles is 1. The molecule has 0 spiro atoms. The summed E-state index contributed by atoms with van der Waals surface area (Å²) in [4.78, 5) is 18.1. The molecule has 106 valence electrons. The average Bonchev–Trinajstić information content (AvgIpc) is 2.48. The minimum absolute atomic E-state index is 0.198. The number of benzene rings is 1. The Bertz CT molecular complexity index is 711. The second kappa shape index (κ2) is 6.29. The summed E-state index contributed by atoms with van der Waals surface area (Å²) in [6, 6.07) is 8.37. The second-order valence-electron chi connectivity index (χ2n) is 3.88. The fourth-order valence-corrected chi connectivity index (χ4v) is 1.56. The van der Waals surface area contributed by atoms with Crippen molar-refractivity contribution >= 4 is 11.6 Å². The number of nitro groups is 1. The highest BCUT2D eigenvalue weighted by Gasteiger charge is 2.20. The lowest BCUT2D eigenvalue weighted by Gasteiger charge is -2.08. The van der Waals surface area contributed by atoms with E-state index in [1.807, 2.05) is 13.0 Å². The van der Waals surface area contributed by atoms with Crippen LogP contribution in [0.5, 0.6) is 11.6 Å². The van der Waals surface area contributed by atoms with Gasteiger partial charge in [-0.15, -0.1) is 0 Å². The molecular formula is C13H11N5O3. The number of hydrogen-bond donors (Lipinski definition) is 1. The van der Waals surface area contributed by atoms with Crippen LogP contribution in [0.4, 0.5) is 11.6 Å². The molecule has 1 aromatic carbocycles. The molecule has 0 bridgehead atoms. The molecule has 0 radical (unpaired) electrons. The van der Waals surface area contributed by atoms with E-state index in [9.17, 15) is 10.1 Å². The van der Waals surface area contributed by atoms with Crippen molar-refractivity contribution in [1.29, 1.82) is 5.26 Å². The van der Waals surface area contributed by atoms with Crippen molar-refractivity contribution in [2.24, 2.45) is 0 Å². The van der Waals surface area contributed by atoms with Gasteiger partial charge in [-0.1, -0.05) is 12.1 Å². The largest absolute Gasteiger partial charge is 0.432 e. The van der Waals surface area contributed by atoms with Gasteiger partial charge < -0.3 is 10.1 Å². The molecule has 0 aliphatic heterocycles. The molecule has 2 aromatic rings. The summed E-state index contributed by atoms with van der Waals surface area (Å²) < 4.78 is 5.42. The summed E-state index contributed by atoms with van der Waals surface area (Å²) in [6.45, 7) is 2.41. The normalized spacial score (nSPS) is 9.71. The monoisotopic (exact) mass is 285 g/mol. The molecule has 0 saturated carbocycles. The van der Waals surface area contributed by atoms with Crippen LogP contribution in [-0.2, 0) is 0 Å². The molecule has 0 saturated heterocycles. The lowest BCUT2D eigenvalue weighted by molar-refractivity contribution is -0.386. The predicted octanol–water partition coefficient (Wildman–Crippen LogP) is 2.48. The molecule has 0 aliphatic rings. The van der Waals surface area contributed by atoms with Crippen LogP contribution in [0.25, 0.3) is 0 Å². The maximum Gasteiger partial charge on any atom is 0.349 e. The Hall–Kier alpha value is -3.21. The number of nitrogens with one attached hydrogen (secondary N) is 1. The summed E-state index contributed by atoms with van der Waals surface area (Å²) in [5, 5.41) is 22.8. The van der Waals surface area contributed by atoms with Crippen molar-refractivity contribution in [2.75, 3.05) is 11.9 Å². The molecule has 8 nitrogen and oxygen atoms in total. The Balaban J connectivity index is 2.43. The third kappa shape index (κ3) is 3.22. The Labute approximate surface area is 120 Å². The summed E-state index contributed by atoms with van der Waals surface area (Å²) >= 11 is 0. The van der Waals surface area contributed by atoms with Gasteiger partial charge in [0.05, 0.1) is 10.5 Å². The fraction of sp³-hybridized carbons (Fsp3) is 0.154. The van der Waals surface area contributed by atoms with Crippen LogP contribution in [0.2, 0.25) is 0 Å². The Morgan fingerprint density at radius 3 is 2.90 bits per heavy atom. The molecule has 1 aromatic heterocycles. The topological polar surface area (TPSA) is 114 Å². The first-order chi connectivity index (χ1) is 10.2. The summed E-state index contributed by atoms with van der Waals surface area (Å²) in [5.74, 6) is 0.199. The number of aromatic nitrogens is 2. The van der Waals surface area contributed by atoms with Gasteiger partial charge in [-0.3, -0.25) is 10.1 Å². The minimum Gasteiger partial charge on any atom is -0.432 e. The number of hydrogen-bond acceptors (Lipinski definition) is 7. The first kappa shape index (κ1) is 14.2. The van der Waals surface area contributed by atoms with E-state index in [1.54, 1.807) is 18.2 Å². The van der Waals surface area contributed by atoms with Gasteiger partial charge in [0.2, 0.25) is 5.95 Å². The number of anilines is 1. The van der Waals surface area contributed by atoms with Gasteiger partial charge >= 0.3 is 11.6 Å². The lowest BCUT2D eigenvalue weighted by atomic mass is 10.2. The SMILES string of the molecule is CCNc1ncc([N+](=O)[O-])c(Oc2ccccc2C#N)n1. The van der Waals surface area contributed by atoms with E-state index in [0.29, 0.717) is 6.54 Å².